The van der Waals surface area contributed by atoms with Crippen LogP contribution < -0.4 is 4.90 Å². The maximum Gasteiger partial charge on any atom is 0.223 e. The normalized spacial score (nSPS) is 17.6. The van der Waals surface area contributed by atoms with Crippen molar-refractivity contribution in [1.29, 1.82) is 0 Å². The summed E-state index contributed by atoms with van der Waals surface area (Å²) in [7, 11) is 0. The number of amides is 1. The van der Waals surface area contributed by atoms with Crippen molar-refractivity contribution in [1.82, 2.24) is 25.4 Å². The molecule has 2 aliphatic rings. The summed E-state index contributed by atoms with van der Waals surface area (Å²) in [5, 5.41) is 15.4. The van der Waals surface area contributed by atoms with Gasteiger partial charge in [0.15, 0.2) is 5.82 Å². The largest absolute Gasteiger partial charge is 0.349 e. The van der Waals surface area contributed by atoms with Crippen molar-refractivity contribution in [3.63, 3.8) is 0 Å². The average Bonchev–Trinajstić information content (AvgIpc) is 3.26. The van der Waals surface area contributed by atoms with Gasteiger partial charge in [0.25, 0.3) is 0 Å². The van der Waals surface area contributed by atoms with Crippen LogP contribution in [0, 0.1) is 6.92 Å². The summed E-state index contributed by atoms with van der Waals surface area (Å²) >= 11 is 0. The predicted molar refractivity (Wildman–Crippen MR) is 91.4 cm³/mol. The summed E-state index contributed by atoms with van der Waals surface area (Å²) < 4.78 is 4.77. The molecule has 0 atom stereocenters. The molecular weight excluding hydrogens is 320 g/mol. The lowest BCUT2D eigenvalue weighted by Crippen LogP contribution is -2.49. The van der Waals surface area contributed by atoms with E-state index in [-0.39, 0.29) is 5.91 Å². The minimum Gasteiger partial charge on any atom is -0.349 e. The van der Waals surface area contributed by atoms with Crippen molar-refractivity contribution in [2.75, 3.05) is 31.1 Å². The number of nitrogens with one attached hydrogen (secondary N) is 1. The summed E-state index contributed by atoms with van der Waals surface area (Å²) in [5.74, 6) is 0.998. The number of nitrogens with zero attached hydrogens (tertiary/aromatic N) is 5. The summed E-state index contributed by atoms with van der Waals surface area (Å²) in [6.45, 7) is 4.83. The van der Waals surface area contributed by atoms with Gasteiger partial charge < -0.3 is 9.80 Å². The Hall–Kier alpha value is -2.38. The zero-order valence-corrected chi connectivity index (χ0v) is 14.6. The Bertz CT molecular complexity index is 744. The van der Waals surface area contributed by atoms with Crippen LogP contribution in [-0.2, 0) is 24.1 Å². The predicted octanol–water partition coefficient (Wildman–Crippen LogP) is 1.26. The Balaban J connectivity index is 1.29. The second-order valence-corrected chi connectivity index (χ2v) is 6.88. The Morgan fingerprint density at radius 2 is 1.96 bits per heavy atom. The molecule has 8 nitrogen and oxygen atoms in total. The number of hydrogen-bond acceptors (Lipinski definition) is 6. The zero-order chi connectivity index (χ0) is 17.2. The van der Waals surface area contributed by atoms with Crippen molar-refractivity contribution in [3.8, 4) is 0 Å². The fraction of sp³-hybridized carbons (Fsp3) is 0.647. The lowest BCUT2D eigenvalue weighted by atomic mass is 9.94. The fourth-order valence-electron chi connectivity index (χ4n) is 3.82. The Labute approximate surface area is 146 Å². The molecule has 0 unspecified atom stereocenters. The molecule has 1 fully saturated rings. The molecule has 134 valence electrons. The first-order valence-electron chi connectivity index (χ1n) is 9.09. The van der Waals surface area contributed by atoms with Crippen LogP contribution in [-0.4, -0.2) is 57.5 Å². The van der Waals surface area contributed by atoms with E-state index in [0.29, 0.717) is 19.5 Å². The van der Waals surface area contributed by atoms with E-state index in [0.717, 1.165) is 49.6 Å². The molecule has 1 amide bonds. The third kappa shape index (κ3) is 3.25. The van der Waals surface area contributed by atoms with Gasteiger partial charge in [-0.05, 0) is 43.3 Å². The topological polar surface area (TPSA) is 91.2 Å². The zero-order valence-electron chi connectivity index (χ0n) is 14.6. The number of anilines is 1. The summed E-state index contributed by atoms with van der Waals surface area (Å²) in [5.41, 5.74) is 4.52. The van der Waals surface area contributed by atoms with Crippen LogP contribution in [0.15, 0.2) is 4.63 Å². The van der Waals surface area contributed by atoms with Gasteiger partial charge in [0.05, 0.1) is 5.69 Å². The van der Waals surface area contributed by atoms with E-state index in [1.54, 1.807) is 0 Å². The molecule has 1 N–H and O–H groups in total. The first kappa shape index (κ1) is 16.1. The van der Waals surface area contributed by atoms with Crippen molar-refractivity contribution in [2.45, 2.75) is 45.4 Å². The van der Waals surface area contributed by atoms with Gasteiger partial charge in [0.2, 0.25) is 5.91 Å². The minimum atomic E-state index is 0.210. The van der Waals surface area contributed by atoms with Crippen molar-refractivity contribution in [3.05, 3.63) is 22.6 Å². The molecule has 0 spiro atoms. The molecule has 0 bridgehead atoms. The first-order valence-corrected chi connectivity index (χ1v) is 9.09. The summed E-state index contributed by atoms with van der Waals surface area (Å²) in [4.78, 5) is 16.6. The molecule has 0 aromatic carbocycles. The molecule has 2 aromatic heterocycles. The van der Waals surface area contributed by atoms with Gasteiger partial charge in [-0.1, -0.05) is 5.16 Å². The molecule has 2 aromatic rings. The first-order chi connectivity index (χ1) is 12.2. The van der Waals surface area contributed by atoms with Crippen LogP contribution in [0.4, 0.5) is 5.82 Å². The van der Waals surface area contributed by atoms with Gasteiger partial charge >= 0.3 is 0 Å². The Kier molecular flexibility index (Phi) is 4.42. The van der Waals surface area contributed by atoms with Gasteiger partial charge in [-0.15, -0.1) is 0 Å². The second kappa shape index (κ2) is 6.85. The van der Waals surface area contributed by atoms with Gasteiger partial charge in [0, 0.05) is 44.7 Å². The molecular formula is C17H24N6O2. The van der Waals surface area contributed by atoms with Crippen LogP contribution in [0.1, 0.15) is 41.9 Å². The number of aromatic amines is 1. The number of carbonyl (C=O) groups is 1. The molecule has 1 aliphatic heterocycles. The van der Waals surface area contributed by atoms with E-state index < -0.39 is 0 Å². The number of piperazine rings is 1. The maximum atomic E-state index is 12.5. The van der Waals surface area contributed by atoms with Crippen molar-refractivity contribution in [2.24, 2.45) is 0 Å². The average molecular weight is 344 g/mol. The van der Waals surface area contributed by atoms with Gasteiger partial charge in [-0.3, -0.25) is 9.89 Å². The molecule has 25 heavy (non-hydrogen) atoms. The number of hydrogen-bond donors (Lipinski definition) is 1. The molecule has 8 heteroatoms. The maximum absolute atomic E-state index is 12.5. The van der Waals surface area contributed by atoms with Crippen LogP contribution in [0.25, 0.3) is 0 Å². The highest BCUT2D eigenvalue weighted by atomic mass is 16.6. The van der Waals surface area contributed by atoms with Gasteiger partial charge in [0.1, 0.15) is 5.69 Å². The van der Waals surface area contributed by atoms with E-state index >= 15 is 0 Å². The van der Waals surface area contributed by atoms with E-state index in [1.165, 1.54) is 24.1 Å². The number of aryl methyl sites for hydroxylation is 3. The standard InChI is InChI=1S/C17H24N6O2/c1-12-17(21-25-20-12)23-10-8-22(9-11-23)16(24)7-6-15-13-4-2-3-5-14(13)18-19-15/h2-11H2,1H3,(H,18,19). The number of carbonyl (C=O) groups excluding carboxylic acids is 1. The lowest BCUT2D eigenvalue weighted by Gasteiger charge is -2.34. The monoisotopic (exact) mass is 344 g/mol. The quantitative estimate of drug-likeness (QED) is 0.898. The van der Waals surface area contributed by atoms with Crippen molar-refractivity contribution >= 4 is 11.7 Å². The van der Waals surface area contributed by atoms with Crippen LogP contribution in [0.2, 0.25) is 0 Å². The van der Waals surface area contributed by atoms with Gasteiger partial charge in [-0.25, -0.2) is 4.63 Å². The molecule has 1 aliphatic carbocycles. The van der Waals surface area contributed by atoms with Crippen LogP contribution >= 0.6 is 0 Å². The molecule has 1 saturated heterocycles. The highest BCUT2D eigenvalue weighted by molar-refractivity contribution is 5.76. The van der Waals surface area contributed by atoms with Crippen molar-refractivity contribution < 1.29 is 9.42 Å². The Morgan fingerprint density at radius 1 is 1.16 bits per heavy atom. The Morgan fingerprint density at radius 3 is 2.72 bits per heavy atom. The third-order valence-electron chi connectivity index (χ3n) is 5.28. The third-order valence-corrected chi connectivity index (χ3v) is 5.28. The summed E-state index contributed by atoms with van der Waals surface area (Å²) in [6, 6.07) is 0. The minimum absolute atomic E-state index is 0.210. The highest BCUT2D eigenvalue weighted by Gasteiger charge is 2.25. The lowest BCUT2D eigenvalue weighted by molar-refractivity contribution is -0.131. The SMILES string of the molecule is Cc1nonc1N1CCN(C(=O)CCc2n[nH]c3c2CCCC3)CC1. The van der Waals surface area contributed by atoms with E-state index in [9.17, 15) is 4.79 Å². The molecule has 3 heterocycles. The number of H-pyrrole nitrogens is 1. The molecule has 0 radical (unpaired) electrons. The molecule has 4 rings (SSSR count). The number of fused-ring (bicyclic) bond motifs is 1. The second-order valence-electron chi connectivity index (χ2n) is 6.88. The highest BCUT2D eigenvalue weighted by Crippen LogP contribution is 2.23. The number of rotatable bonds is 4. The van der Waals surface area contributed by atoms with Gasteiger partial charge in [-0.2, -0.15) is 5.10 Å². The molecule has 0 saturated carbocycles. The fourth-order valence-corrected chi connectivity index (χ4v) is 3.82. The van der Waals surface area contributed by atoms with E-state index in [2.05, 4.69) is 25.4 Å². The van der Waals surface area contributed by atoms with Crippen LogP contribution in [0.5, 0.6) is 0 Å². The van der Waals surface area contributed by atoms with E-state index in [4.69, 9.17) is 4.63 Å². The smallest absolute Gasteiger partial charge is 0.223 e. The van der Waals surface area contributed by atoms with E-state index in [1.807, 2.05) is 11.8 Å². The summed E-state index contributed by atoms with van der Waals surface area (Å²) in [6.07, 6.45) is 5.91. The van der Waals surface area contributed by atoms with Crippen LogP contribution in [0.3, 0.4) is 0 Å². The number of aromatic nitrogens is 4.